The quantitative estimate of drug-likeness (QED) is 0.555. The Kier molecular flexibility index (Phi) is 2.87. The largest absolute Gasteiger partial charge is 0.338 e. The van der Waals surface area contributed by atoms with Crippen molar-refractivity contribution in [3.05, 3.63) is 12.7 Å². The molecule has 0 unspecified atom stereocenters. The summed E-state index contributed by atoms with van der Waals surface area (Å²) in [5.41, 5.74) is 0. The summed E-state index contributed by atoms with van der Waals surface area (Å²) >= 11 is 0. The normalized spacial score (nSPS) is 23.2. The molecule has 0 radical (unpaired) electrons. The number of nitrogens with zero attached hydrogens (tertiary/aromatic N) is 2. The molecule has 1 saturated heterocycles. The number of hydrogen-bond donors (Lipinski definition) is 0. The van der Waals surface area contributed by atoms with Crippen molar-refractivity contribution in [2.75, 3.05) is 27.2 Å². The van der Waals surface area contributed by atoms with Gasteiger partial charge in [0.1, 0.15) is 0 Å². The molecular weight excluding hydrogens is 152 g/mol. The van der Waals surface area contributed by atoms with Gasteiger partial charge < -0.3 is 9.80 Å². The van der Waals surface area contributed by atoms with Gasteiger partial charge in [0, 0.05) is 19.1 Å². The smallest absolute Gasteiger partial charge is 0.246 e. The standard InChI is InChI=1S/C9H16N2O/c1-4-9(12)11-6-5-8(7-11)10(2)3/h4,8H,1,5-7H2,2-3H3/t8-/m1/s1. The van der Waals surface area contributed by atoms with Crippen LogP contribution < -0.4 is 0 Å². The predicted molar refractivity (Wildman–Crippen MR) is 48.9 cm³/mol. The van der Waals surface area contributed by atoms with Crippen molar-refractivity contribution in [3.8, 4) is 0 Å². The van der Waals surface area contributed by atoms with Crippen LogP contribution >= 0.6 is 0 Å². The zero-order chi connectivity index (χ0) is 9.14. The number of carbonyl (C=O) groups is 1. The Hall–Kier alpha value is -0.830. The van der Waals surface area contributed by atoms with Crippen LogP contribution in [0.15, 0.2) is 12.7 Å². The molecule has 1 aliphatic heterocycles. The van der Waals surface area contributed by atoms with Gasteiger partial charge in [-0.2, -0.15) is 0 Å². The van der Waals surface area contributed by atoms with Crippen molar-refractivity contribution in [2.45, 2.75) is 12.5 Å². The highest BCUT2D eigenvalue weighted by atomic mass is 16.2. The van der Waals surface area contributed by atoms with E-state index in [9.17, 15) is 4.79 Å². The Morgan fingerprint density at radius 3 is 2.75 bits per heavy atom. The molecule has 0 aliphatic carbocycles. The zero-order valence-corrected chi connectivity index (χ0v) is 7.79. The lowest BCUT2D eigenvalue weighted by atomic mass is 10.2. The molecule has 0 N–H and O–H groups in total. The van der Waals surface area contributed by atoms with Gasteiger partial charge in [-0.05, 0) is 26.6 Å². The molecule has 3 heteroatoms. The average molecular weight is 168 g/mol. The molecule has 0 bridgehead atoms. The highest BCUT2D eigenvalue weighted by Crippen LogP contribution is 2.12. The molecule has 1 amide bonds. The summed E-state index contributed by atoms with van der Waals surface area (Å²) in [5, 5.41) is 0. The van der Waals surface area contributed by atoms with Gasteiger partial charge in [0.25, 0.3) is 0 Å². The first-order chi connectivity index (χ1) is 5.65. The molecule has 1 atom stereocenters. The van der Waals surface area contributed by atoms with Crippen LogP contribution in [0.2, 0.25) is 0 Å². The van der Waals surface area contributed by atoms with Crippen molar-refractivity contribution in [1.82, 2.24) is 9.80 Å². The summed E-state index contributed by atoms with van der Waals surface area (Å²) in [6.07, 6.45) is 2.46. The van der Waals surface area contributed by atoms with Crippen molar-refractivity contribution in [1.29, 1.82) is 0 Å². The maximum absolute atomic E-state index is 11.2. The van der Waals surface area contributed by atoms with Gasteiger partial charge in [-0.3, -0.25) is 4.79 Å². The lowest BCUT2D eigenvalue weighted by molar-refractivity contribution is -0.125. The van der Waals surface area contributed by atoms with E-state index in [1.54, 1.807) is 0 Å². The zero-order valence-electron chi connectivity index (χ0n) is 7.79. The van der Waals surface area contributed by atoms with E-state index >= 15 is 0 Å². The molecule has 0 aromatic heterocycles. The molecule has 68 valence electrons. The van der Waals surface area contributed by atoms with Crippen LogP contribution in [-0.4, -0.2) is 48.9 Å². The molecular formula is C9H16N2O. The minimum absolute atomic E-state index is 0.0550. The van der Waals surface area contributed by atoms with E-state index in [0.29, 0.717) is 6.04 Å². The van der Waals surface area contributed by atoms with Crippen LogP contribution in [0.5, 0.6) is 0 Å². The summed E-state index contributed by atoms with van der Waals surface area (Å²) in [6, 6.07) is 0.522. The van der Waals surface area contributed by atoms with Crippen molar-refractivity contribution >= 4 is 5.91 Å². The maximum atomic E-state index is 11.2. The fraction of sp³-hybridized carbons (Fsp3) is 0.667. The predicted octanol–water partition coefficient (Wildman–Crippen LogP) is 0.335. The van der Waals surface area contributed by atoms with E-state index in [2.05, 4.69) is 11.5 Å². The van der Waals surface area contributed by atoms with E-state index in [-0.39, 0.29) is 5.91 Å². The van der Waals surface area contributed by atoms with E-state index in [0.717, 1.165) is 19.5 Å². The highest BCUT2D eigenvalue weighted by Gasteiger charge is 2.25. The van der Waals surface area contributed by atoms with Crippen LogP contribution in [0.4, 0.5) is 0 Å². The maximum Gasteiger partial charge on any atom is 0.246 e. The Morgan fingerprint density at radius 2 is 2.33 bits per heavy atom. The Balaban J connectivity index is 2.45. The first-order valence-electron chi connectivity index (χ1n) is 4.23. The summed E-state index contributed by atoms with van der Waals surface area (Å²) in [4.78, 5) is 15.2. The first kappa shape index (κ1) is 9.26. The van der Waals surface area contributed by atoms with E-state index in [1.807, 2.05) is 19.0 Å². The lowest BCUT2D eigenvalue weighted by Crippen LogP contribution is -2.33. The first-order valence-corrected chi connectivity index (χ1v) is 4.23. The molecule has 0 aromatic carbocycles. The number of likely N-dealkylation sites (N-methyl/N-ethyl adjacent to an activating group) is 1. The van der Waals surface area contributed by atoms with Crippen LogP contribution in [0.1, 0.15) is 6.42 Å². The van der Waals surface area contributed by atoms with Crippen LogP contribution in [0.25, 0.3) is 0 Å². The fourth-order valence-electron chi connectivity index (χ4n) is 1.49. The van der Waals surface area contributed by atoms with Gasteiger partial charge in [0.2, 0.25) is 5.91 Å². The molecule has 0 aromatic rings. The Bertz CT molecular complexity index is 189. The van der Waals surface area contributed by atoms with Gasteiger partial charge in [0.05, 0.1) is 0 Å². The molecule has 1 aliphatic rings. The molecule has 12 heavy (non-hydrogen) atoms. The summed E-state index contributed by atoms with van der Waals surface area (Å²) in [6.45, 7) is 5.18. The minimum Gasteiger partial charge on any atom is -0.338 e. The number of carbonyl (C=O) groups excluding carboxylic acids is 1. The van der Waals surface area contributed by atoms with Gasteiger partial charge in [-0.1, -0.05) is 6.58 Å². The van der Waals surface area contributed by atoms with Crippen molar-refractivity contribution in [2.24, 2.45) is 0 Å². The van der Waals surface area contributed by atoms with Gasteiger partial charge >= 0.3 is 0 Å². The molecule has 1 heterocycles. The SMILES string of the molecule is C=CC(=O)N1CC[C@@H](N(C)C)C1. The summed E-state index contributed by atoms with van der Waals surface area (Å²) in [5.74, 6) is 0.0550. The fourth-order valence-corrected chi connectivity index (χ4v) is 1.49. The third-order valence-electron chi connectivity index (χ3n) is 2.38. The van der Waals surface area contributed by atoms with Gasteiger partial charge in [-0.25, -0.2) is 0 Å². The van der Waals surface area contributed by atoms with Gasteiger partial charge in [0.15, 0.2) is 0 Å². The summed E-state index contributed by atoms with van der Waals surface area (Å²) in [7, 11) is 4.10. The average Bonchev–Trinajstić information content (AvgIpc) is 2.51. The van der Waals surface area contributed by atoms with Crippen LogP contribution in [0.3, 0.4) is 0 Å². The van der Waals surface area contributed by atoms with E-state index in [4.69, 9.17) is 0 Å². The third-order valence-corrected chi connectivity index (χ3v) is 2.38. The van der Waals surface area contributed by atoms with Crippen molar-refractivity contribution < 1.29 is 4.79 Å². The van der Waals surface area contributed by atoms with Gasteiger partial charge in [-0.15, -0.1) is 0 Å². The van der Waals surface area contributed by atoms with Crippen LogP contribution in [-0.2, 0) is 4.79 Å². The molecule has 3 nitrogen and oxygen atoms in total. The van der Waals surface area contributed by atoms with E-state index in [1.165, 1.54) is 6.08 Å². The molecule has 0 spiro atoms. The number of amides is 1. The number of likely N-dealkylation sites (tertiary alicyclic amines) is 1. The Morgan fingerprint density at radius 1 is 1.67 bits per heavy atom. The molecule has 1 rings (SSSR count). The van der Waals surface area contributed by atoms with Crippen molar-refractivity contribution in [3.63, 3.8) is 0 Å². The van der Waals surface area contributed by atoms with Crippen LogP contribution in [0, 0.1) is 0 Å². The monoisotopic (exact) mass is 168 g/mol. The third kappa shape index (κ3) is 1.85. The Labute approximate surface area is 73.6 Å². The molecule has 1 fully saturated rings. The number of hydrogen-bond acceptors (Lipinski definition) is 2. The lowest BCUT2D eigenvalue weighted by Gasteiger charge is -2.19. The second-order valence-corrected chi connectivity index (χ2v) is 3.39. The summed E-state index contributed by atoms with van der Waals surface area (Å²) < 4.78 is 0. The molecule has 0 saturated carbocycles. The van der Waals surface area contributed by atoms with E-state index < -0.39 is 0 Å². The number of rotatable bonds is 2. The second-order valence-electron chi connectivity index (χ2n) is 3.39. The topological polar surface area (TPSA) is 23.6 Å². The minimum atomic E-state index is 0.0550. The second kappa shape index (κ2) is 3.72. The highest BCUT2D eigenvalue weighted by molar-refractivity contribution is 5.87.